The number of benzene rings is 1. The van der Waals surface area contributed by atoms with Gasteiger partial charge in [0.1, 0.15) is 11.5 Å². The molecule has 3 aromatic rings. The minimum Gasteiger partial charge on any atom is -0.466 e. The van der Waals surface area contributed by atoms with E-state index in [1.807, 2.05) is 44.2 Å². The SMILES string of the molecule is Cc1cc(CNC(=O)c2cnn(Cc3ccccc3Cl)c2)c(C)o1. The van der Waals surface area contributed by atoms with Gasteiger partial charge in [0, 0.05) is 23.3 Å². The van der Waals surface area contributed by atoms with E-state index < -0.39 is 0 Å². The zero-order valence-electron chi connectivity index (χ0n) is 13.5. The number of carbonyl (C=O) groups excluding carboxylic acids is 1. The van der Waals surface area contributed by atoms with Gasteiger partial charge in [-0.1, -0.05) is 29.8 Å². The molecule has 0 unspecified atom stereocenters. The summed E-state index contributed by atoms with van der Waals surface area (Å²) in [7, 11) is 0. The van der Waals surface area contributed by atoms with Crippen molar-refractivity contribution in [2.75, 3.05) is 0 Å². The Labute approximate surface area is 145 Å². The molecule has 0 saturated heterocycles. The van der Waals surface area contributed by atoms with Crippen molar-refractivity contribution in [3.8, 4) is 0 Å². The van der Waals surface area contributed by atoms with E-state index in [2.05, 4.69) is 10.4 Å². The van der Waals surface area contributed by atoms with Crippen molar-refractivity contribution in [1.82, 2.24) is 15.1 Å². The molecule has 0 bridgehead atoms. The first kappa shape index (κ1) is 16.3. The second-order valence-corrected chi connectivity index (χ2v) is 6.05. The summed E-state index contributed by atoms with van der Waals surface area (Å²) in [5, 5.41) is 7.79. The molecule has 0 spiro atoms. The van der Waals surface area contributed by atoms with Gasteiger partial charge >= 0.3 is 0 Å². The third-order valence-electron chi connectivity index (χ3n) is 3.77. The molecule has 0 fully saturated rings. The van der Waals surface area contributed by atoms with Crippen molar-refractivity contribution >= 4 is 17.5 Å². The largest absolute Gasteiger partial charge is 0.466 e. The molecule has 1 amide bonds. The highest BCUT2D eigenvalue weighted by molar-refractivity contribution is 6.31. The molecular weight excluding hydrogens is 326 g/mol. The van der Waals surface area contributed by atoms with Crippen LogP contribution in [0.3, 0.4) is 0 Å². The Hall–Kier alpha value is -2.53. The van der Waals surface area contributed by atoms with Crippen LogP contribution in [0.1, 0.15) is 33.0 Å². The molecule has 1 N–H and O–H groups in total. The summed E-state index contributed by atoms with van der Waals surface area (Å²) in [4.78, 5) is 12.2. The minimum atomic E-state index is -0.168. The monoisotopic (exact) mass is 343 g/mol. The van der Waals surface area contributed by atoms with Crippen molar-refractivity contribution in [3.63, 3.8) is 0 Å². The van der Waals surface area contributed by atoms with Gasteiger partial charge in [0.05, 0.1) is 18.3 Å². The van der Waals surface area contributed by atoms with Crippen LogP contribution in [0, 0.1) is 13.8 Å². The van der Waals surface area contributed by atoms with Crippen LogP contribution in [0.4, 0.5) is 0 Å². The Kier molecular flexibility index (Phi) is 4.71. The van der Waals surface area contributed by atoms with Gasteiger partial charge in [0.2, 0.25) is 0 Å². The number of aryl methyl sites for hydroxylation is 2. The zero-order valence-corrected chi connectivity index (χ0v) is 14.3. The standard InChI is InChI=1S/C18H18ClN3O2/c1-12-7-15(13(2)24-12)8-20-18(23)16-9-21-22(11-16)10-14-5-3-4-6-17(14)19/h3-7,9,11H,8,10H2,1-2H3,(H,20,23). The van der Waals surface area contributed by atoms with E-state index in [9.17, 15) is 4.79 Å². The second-order valence-electron chi connectivity index (χ2n) is 5.64. The summed E-state index contributed by atoms with van der Waals surface area (Å²) >= 11 is 6.15. The van der Waals surface area contributed by atoms with Gasteiger partial charge in [0.15, 0.2) is 0 Å². The van der Waals surface area contributed by atoms with Gasteiger partial charge in [-0.15, -0.1) is 0 Å². The third kappa shape index (κ3) is 3.68. The van der Waals surface area contributed by atoms with Crippen molar-refractivity contribution < 1.29 is 9.21 Å². The maximum absolute atomic E-state index is 12.2. The molecule has 0 aliphatic rings. The average Bonchev–Trinajstić information content (AvgIpc) is 3.14. The number of halogens is 1. The van der Waals surface area contributed by atoms with Crippen LogP contribution < -0.4 is 5.32 Å². The molecule has 0 aliphatic heterocycles. The van der Waals surface area contributed by atoms with Crippen LogP contribution in [0.5, 0.6) is 0 Å². The molecule has 0 saturated carbocycles. The quantitative estimate of drug-likeness (QED) is 0.768. The van der Waals surface area contributed by atoms with Crippen LogP contribution in [-0.2, 0) is 13.1 Å². The summed E-state index contributed by atoms with van der Waals surface area (Å²) < 4.78 is 7.15. The molecule has 0 radical (unpaired) electrons. The first-order chi connectivity index (χ1) is 11.5. The molecule has 0 atom stereocenters. The van der Waals surface area contributed by atoms with Gasteiger partial charge in [0.25, 0.3) is 5.91 Å². The maximum Gasteiger partial charge on any atom is 0.254 e. The number of carbonyl (C=O) groups is 1. The fraction of sp³-hybridized carbons (Fsp3) is 0.222. The summed E-state index contributed by atoms with van der Waals surface area (Å²) in [6.45, 7) is 4.72. The van der Waals surface area contributed by atoms with Crippen LogP contribution in [-0.4, -0.2) is 15.7 Å². The molecule has 5 nitrogen and oxygen atoms in total. The summed E-state index contributed by atoms with van der Waals surface area (Å²) in [5.74, 6) is 1.49. The van der Waals surface area contributed by atoms with E-state index in [1.165, 1.54) is 0 Å². The molecule has 2 heterocycles. The van der Waals surface area contributed by atoms with Crippen LogP contribution >= 0.6 is 11.6 Å². The average molecular weight is 344 g/mol. The summed E-state index contributed by atoms with van der Waals surface area (Å²) in [6.07, 6.45) is 3.27. The Balaban J connectivity index is 1.63. The predicted octanol–water partition coefficient (Wildman–Crippen LogP) is 3.72. The Morgan fingerprint density at radius 1 is 1.29 bits per heavy atom. The number of nitrogens with one attached hydrogen (secondary N) is 1. The lowest BCUT2D eigenvalue weighted by molar-refractivity contribution is 0.0950. The van der Waals surface area contributed by atoms with Gasteiger partial charge in [-0.2, -0.15) is 5.10 Å². The molecule has 3 rings (SSSR count). The summed E-state index contributed by atoms with van der Waals surface area (Å²) in [5.41, 5.74) is 2.45. The van der Waals surface area contributed by atoms with Gasteiger partial charge < -0.3 is 9.73 Å². The number of aromatic nitrogens is 2. The van der Waals surface area contributed by atoms with E-state index in [1.54, 1.807) is 17.1 Å². The van der Waals surface area contributed by atoms with E-state index in [0.717, 1.165) is 22.6 Å². The number of hydrogen-bond donors (Lipinski definition) is 1. The Bertz CT molecular complexity index is 867. The fourth-order valence-electron chi connectivity index (χ4n) is 2.51. The van der Waals surface area contributed by atoms with Crippen molar-refractivity contribution in [3.05, 3.63) is 76.0 Å². The summed E-state index contributed by atoms with van der Waals surface area (Å²) in [6, 6.07) is 9.51. The third-order valence-corrected chi connectivity index (χ3v) is 4.14. The lowest BCUT2D eigenvalue weighted by atomic mass is 10.2. The molecular formula is C18H18ClN3O2. The number of furan rings is 1. The lowest BCUT2D eigenvalue weighted by Crippen LogP contribution is -2.22. The molecule has 24 heavy (non-hydrogen) atoms. The highest BCUT2D eigenvalue weighted by Crippen LogP contribution is 2.16. The number of nitrogens with zero attached hydrogens (tertiary/aromatic N) is 2. The van der Waals surface area contributed by atoms with E-state index >= 15 is 0 Å². The first-order valence-electron chi connectivity index (χ1n) is 7.63. The second kappa shape index (κ2) is 6.93. The van der Waals surface area contributed by atoms with Crippen LogP contribution in [0.15, 0.2) is 47.1 Å². The van der Waals surface area contributed by atoms with Crippen molar-refractivity contribution in [2.45, 2.75) is 26.9 Å². The zero-order chi connectivity index (χ0) is 17.1. The Morgan fingerprint density at radius 2 is 2.08 bits per heavy atom. The Morgan fingerprint density at radius 3 is 2.79 bits per heavy atom. The number of hydrogen-bond acceptors (Lipinski definition) is 3. The highest BCUT2D eigenvalue weighted by Gasteiger charge is 2.11. The maximum atomic E-state index is 12.2. The number of amides is 1. The topological polar surface area (TPSA) is 60.1 Å². The highest BCUT2D eigenvalue weighted by atomic mass is 35.5. The van der Waals surface area contributed by atoms with Crippen molar-refractivity contribution in [2.24, 2.45) is 0 Å². The van der Waals surface area contributed by atoms with Gasteiger partial charge in [-0.25, -0.2) is 0 Å². The molecule has 1 aromatic carbocycles. The molecule has 2 aromatic heterocycles. The molecule has 124 valence electrons. The fourth-order valence-corrected chi connectivity index (χ4v) is 2.70. The molecule has 6 heteroatoms. The molecule has 0 aliphatic carbocycles. The van der Waals surface area contributed by atoms with E-state index in [-0.39, 0.29) is 5.91 Å². The van der Waals surface area contributed by atoms with Gasteiger partial charge in [-0.3, -0.25) is 9.48 Å². The van der Waals surface area contributed by atoms with Crippen LogP contribution in [0.2, 0.25) is 5.02 Å². The van der Waals surface area contributed by atoms with Crippen LogP contribution in [0.25, 0.3) is 0 Å². The lowest BCUT2D eigenvalue weighted by Gasteiger charge is -2.04. The minimum absolute atomic E-state index is 0.168. The van der Waals surface area contributed by atoms with Crippen molar-refractivity contribution in [1.29, 1.82) is 0 Å². The smallest absolute Gasteiger partial charge is 0.254 e. The first-order valence-corrected chi connectivity index (χ1v) is 8.00. The number of rotatable bonds is 5. The van der Waals surface area contributed by atoms with E-state index in [0.29, 0.717) is 23.7 Å². The van der Waals surface area contributed by atoms with Gasteiger partial charge in [-0.05, 0) is 31.5 Å². The predicted molar refractivity (Wildman–Crippen MR) is 92.1 cm³/mol. The normalized spacial score (nSPS) is 10.8. The van der Waals surface area contributed by atoms with E-state index in [4.69, 9.17) is 16.0 Å².